The molecule has 0 saturated carbocycles. The zero-order chi connectivity index (χ0) is 16.9. The second kappa shape index (κ2) is 6.89. The standard InChI is InChI=1S/C10H11N3O2.C2HF3O2/c11-5-10(15)12-7-1-2-8-6(3-7)4-9(14)13-8;3-2(4,5)1(6)7/h1-3H,4-5,11H2,(H,12,15)(H,13,14);(H,6,7). The SMILES string of the molecule is O=C([O-])C(F)(F)F.[NH3+]CC(=O)Nc1ccc2c(c1)CC(=O)N2. The van der Waals surface area contributed by atoms with Crippen LogP contribution < -0.4 is 21.5 Å². The predicted octanol–water partition coefficient (Wildman–Crippen LogP) is -1.34. The number of aliphatic carboxylic acids is 1. The van der Waals surface area contributed by atoms with Crippen LogP contribution in [-0.2, 0) is 20.8 Å². The van der Waals surface area contributed by atoms with Crippen molar-refractivity contribution in [3.63, 3.8) is 0 Å². The van der Waals surface area contributed by atoms with E-state index < -0.39 is 12.1 Å². The minimum Gasteiger partial charge on any atom is -0.542 e. The minimum atomic E-state index is -5.19. The molecule has 0 atom stereocenters. The topological polar surface area (TPSA) is 126 Å². The third-order valence-corrected chi connectivity index (χ3v) is 2.47. The summed E-state index contributed by atoms with van der Waals surface area (Å²) >= 11 is 0. The van der Waals surface area contributed by atoms with Gasteiger partial charge < -0.3 is 26.3 Å². The average molecular weight is 319 g/mol. The lowest BCUT2D eigenvalue weighted by molar-refractivity contribution is -0.353. The van der Waals surface area contributed by atoms with Crippen molar-refractivity contribution in [2.24, 2.45) is 0 Å². The molecule has 120 valence electrons. The molecule has 0 saturated heterocycles. The molecule has 1 aromatic rings. The molecule has 0 radical (unpaired) electrons. The molecule has 0 unspecified atom stereocenters. The first-order valence-corrected chi connectivity index (χ1v) is 5.93. The van der Waals surface area contributed by atoms with Crippen LogP contribution in [0.3, 0.4) is 0 Å². The average Bonchev–Trinajstić information content (AvgIpc) is 2.77. The molecule has 0 aromatic heterocycles. The van der Waals surface area contributed by atoms with Gasteiger partial charge in [0.05, 0.1) is 6.42 Å². The Kier molecular flexibility index (Phi) is 5.46. The van der Waals surface area contributed by atoms with E-state index in [0.717, 1.165) is 11.3 Å². The van der Waals surface area contributed by atoms with Crippen molar-refractivity contribution in [3.8, 4) is 0 Å². The second-order valence-corrected chi connectivity index (χ2v) is 4.18. The number of alkyl halides is 3. The number of hydrogen-bond donors (Lipinski definition) is 3. The number of halogens is 3. The van der Waals surface area contributed by atoms with Crippen LogP contribution in [0, 0.1) is 0 Å². The predicted molar refractivity (Wildman–Crippen MR) is 66.2 cm³/mol. The number of hydrogen-bond acceptors (Lipinski definition) is 4. The summed E-state index contributed by atoms with van der Waals surface area (Å²) in [6, 6.07) is 5.36. The largest absolute Gasteiger partial charge is 0.542 e. The molecule has 0 aliphatic carbocycles. The summed E-state index contributed by atoms with van der Waals surface area (Å²) in [6.07, 6.45) is -4.82. The first-order chi connectivity index (χ1) is 10.1. The smallest absolute Gasteiger partial charge is 0.430 e. The third kappa shape index (κ3) is 5.05. The number of fused-ring (bicyclic) bond motifs is 1. The summed E-state index contributed by atoms with van der Waals surface area (Å²) < 4.78 is 31.5. The molecular formula is C12H12F3N3O4. The number of carboxylic acids is 1. The Bertz CT molecular complexity index is 602. The van der Waals surface area contributed by atoms with Crippen LogP contribution in [0.25, 0.3) is 0 Å². The Morgan fingerprint density at radius 2 is 1.95 bits per heavy atom. The maximum absolute atomic E-state index is 11.1. The van der Waals surface area contributed by atoms with Crippen molar-refractivity contribution < 1.29 is 38.4 Å². The molecule has 1 aromatic carbocycles. The zero-order valence-corrected chi connectivity index (χ0v) is 11.1. The second-order valence-electron chi connectivity index (χ2n) is 4.18. The van der Waals surface area contributed by atoms with Gasteiger partial charge in [0.15, 0.2) is 6.54 Å². The van der Waals surface area contributed by atoms with Gasteiger partial charge in [-0.05, 0) is 23.8 Å². The highest BCUT2D eigenvalue weighted by Crippen LogP contribution is 2.25. The van der Waals surface area contributed by atoms with Gasteiger partial charge in [0, 0.05) is 11.4 Å². The van der Waals surface area contributed by atoms with Gasteiger partial charge in [-0.2, -0.15) is 13.2 Å². The van der Waals surface area contributed by atoms with E-state index in [9.17, 15) is 22.8 Å². The van der Waals surface area contributed by atoms with Gasteiger partial charge in [-0.1, -0.05) is 0 Å². The van der Waals surface area contributed by atoms with E-state index in [-0.39, 0.29) is 18.4 Å². The van der Waals surface area contributed by atoms with Crippen LogP contribution in [0.5, 0.6) is 0 Å². The first kappa shape index (κ1) is 17.4. The highest BCUT2D eigenvalue weighted by Gasteiger charge is 2.28. The number of rotatable bonds is 2. The maximum Gasteiger partial charge on any atom is 0.430 e. The Hall–Kier alpha value is -2.62. The van der Waals surface area contributed by atoms with E-state index >= 15 is 0 Å². The molecule has 2 rings (SSSR count). The summed E-state index contributed by atoms with van der Waals surface area (Å²) in [7, 11) is 0. The molecule has 1 aliphatic rings. The number of anilines is 2. The van der Waals surface area contributed by atoms with E-state index in [2.05, 4.69) is 16.4 Å². The van der Waals surface area contributed by atoms with Gasteiger partial charge in [0.25, 0.3) is 5.91 Å². The molecule has 22 heavy (non-hydrogen) atoms. The van der Waals surface area contributed by atoms with Gasteiger partial charge in [0.1, 0.15) is 5.97 Å². The van der Waals surface area contributed by atoms with E-state index in [4.69, 9.17) is 9.90 Å². The Balaban J connectivity index is 0.000000295. The Morgan fingerprint density at radius 3 is 2.45 bits per heavy atom. The van der Waals surface area contributed by atoms with Crippen molar-refractivity contribution in [1.82, 2.24) is 0 Å². The molecule has 0 fully saturated rings. The fourth-order valence-corrected chi connectivity index (χ4v) is 1.53. The van der Waals surface area contributed by atoms with Crippen LogP contribution in [0.15, 0.2) is 18.2 Å². The van der Waals surface area contributed by atoms with Crippen LogP contribution >= 0.6 is 0 Å². The van der Waals surface area contributed by atoms with Crippen LogP contribution in [0.2, 0.25) is 0 Å². The van der Waals surface area contributed by atoms with E-state index in [0.29, 0.717) is 12.1 Å². The normalized spacial score (nSPS) is 12.6. The zero-order valence-electron chi connectivity index (χ0n) is 11.1. The molecule has 0 bridgehead atoms. The number of amides is 2. The molecule has 1 heterocycles. The van der Waals surface area contributed by atoms with Crippen LogP contribution in [0.4, 0.5) is 24.5 Å². The lowest BCUT2D eigenvalue weighted by atomic mass is 10.1. The third-order valence-electron chi connectivity index (χ3n) is 2.47. The highest BCUT2D eigenvalue weighted by molar-refractivity contribution is 6.00. The van der Waals surface area contributed by atoms with Crippen molar-refractivity contribution >= 4 is 29.2 Å². The number of carbonyl (C=O) groups is 3. The molecular weight excluding hydrogens is 307 g/mol. The first-order valence-electron chi connectivity index (χ1n) is 5.93. The molecule has 5 N–H and O–H groups in total. The van der Waals surface area contributed by atoms with Crippen molar-refractivity contribution in [1.29, 1.82) is 0 Å². The summed E-state index contributed by atoms with van der Waals surface area (Å²) in [5.41, 5.74) is 5.94. The number of carboxylic acid groups (broad SMARTS) is 1. The van der Waals surface area contributed by atoms with E-state index in [1.165, 1.54) is 0 Å². The lowest BCUT2D eigenvalue weighted by Crippen LogP contribution is -2.55. The summed E-state index contributed by atoms with van der Waals surface area (Å²) in [5, 5.41) is 14.2. The van der Waals surface area contributed by atoms with E-state index in [1.807, 2.05) is 0 Å². The Morgan fingerprint density at radius 1 is 1.36 bits per heavy atom. The van der Waals surface area contributed by atoms with Crippen LogP contribution in [-0.4, -0.2) is 30.5 Å². The monoisotopic (exact) mass is 319 g/mol. The van der Waals surface area contributed by atoms with Crippen molar-refractivity contribution in [2.75, 3.05) is 17.2 Å². The highest BCUT2D eigenvalue weighted by atomic mass is 19.4. The van der Waals surface area contributed by atoms with Gasteiger partial charge in [-0.3, -0.25) is 9.59 Å². The van der Waals surface area contributed by atoms with Gasteiger partial charge in [-0.25, -0.2) is 0 Å². The fraction of sp³-hybridized carbons (Fsp3) is 0.250. The van der Waals surface area contributed by atoms with Crippen molar-refractivity contribution in [2.45, 2.75) is 12.6 Å². The van der Waals surface area contributed by atoms with E-state index in [1.54, 1.807) is 18.2 Å². The van der Waals surface area contributed by atoms with Gasteiger partial charge >= 0.3 is 6.18 Å². The summed E-state index contributed by atoms with van der Waals surface area (Å²) in [4.78, 5) is 31.0. The van der Waals surface area contributed by atoms with Gasteiger partial charge in [-0.15, -0.1) is 0 Å². The summed E-state index contributed by atoms with van der Waals surface area (Å²) in [5.74, 6) is -3.15. The van der Waals surface area contributed by atoms with Crippen molar-refractivity contribution in [3.05, 3.63) is 23.8 Å². The maximum atomic E-state index is 11.1. The molecule has 7 nitrogen and oxygen atoms in total. The number of carbonyl (C=O) groups excluding carboxylic acids is 3. The minimum absolute atomic E-state index is 0.00867. The number of quaternary nitrogens is 1. The lowest BCUT2D eigenvalue weighted by Gasteiger charge is -2.04. The molecule has 2 amide bonds. The summed E-state index contributed by atoms with van der Waals surface area (Å²) in [6.45, 7) is 0.203. The Labute approximate surface area is 122 Å². The quantitative estimate of drug-likeness (QED) is 0.623. The number of benzene rings is 1. The molecule has 0 spiro atoms. The molecule has 1 aliphatic heterocycles. The van der Waals surface area contributed by atoms with Crippen LogP contribution in [0.1, 0.15) is 5.56 Å². The fourth-order valence-electron chi connectivity index (χ4n) is 1.53. The van der Waals surface area contributed by atoms with Gasteiger partial charge in [0.2, 0.25) is 5.91 Å². The number of nitrogens with one attached hydrogen (secondary N) is 2. The molecule has 10 heteroatoms.